The molecule has 1 saturated heterocycles. The molecule has 4 heteroatoms. The molecule has 32 heavy (non-hydrogen) atoms. The smallest absolute Gasteiger partial charge is 0.225 e. The van der Waals surface area contributed by atoms with E-state index in [1.54, 1.807) is 0 Å². The van der Waals surface area contributed by atoms with Gasteiger partial charge in [-0.05, 0) is 35.6 Å². The minimum absolute atomic E-state index is 0.0341. The SMILES string of the molecule is O=C(NCc1ccccc1)[C@H]1Cc2ccccc2N2CCN(CCc3ccccc3)C[C@@H]12. The molecule has 5 rings (SSSR count). The number of carbonyl (C=O) groups excluding carboxylic acids is 1. The molecular formula is C28H31N3O. The van der Waals surface area contributed by atoms with E-state index in [0.717, 1.165) is 44.6 Å². The summed E-state index contributed by atoms with van der Waals surface area (Å²) in [5.74, 6) is 0.136. The van der Waals surface area contributed by atoms with Crippen LogP contribution in [0.15, 0.2) is 84.9 Å². The van der Waals surface area contributed by atoms with Gasteiger partial charge >= 0.3 is 0 Å². The Morgan fingerprint density at radius 3 is 2.31 bits per heavy atom. The number of benzene rings is 3. The van der Waals surface area contributed by atoms with Gasteiger partial charge in [0.25, 0.3) is 0 Å². The number of hydrogen-bond acceptors (Lipinski definition) is 3. The lowest BCUT2D eigenvalue weighted by Crippen LogP contribution is -2.61. The molecule has 0 aliphatic carbocycles. The van der Waals surface area contributed by atoms with Crippen molar-refractivity contribution >= 4 is 11.6 Å². The predicted octanol–water partition coefficient (Wildman–Crippen LogP) is 3.91. The molecule has 2 atom stereocenters. The molecule has 2 aliphatic rings. The van der Waals surface area contributed by atoms with Crippen LogP contribution in [0.1, 0.15) is 16.7 Å². The highest BCUT2D eigenvalue weighted by Gasteiger charge is 2.41. The molecular weight excluding hydrogens is 394 g/mol. The number of nitrogens with one attached hydrogen (secondary N) is 1. The molecule has 1 N–H and O–H groups in total. The van der Waals surface area contributed by atoms with Gasteiger partial charge in [0.15, 0.2) is 0 Å². The van der Waals surface area contributed by atoms with E-state index in [4.69, 9.17) is 0 Å². The van der Waals surface area contributed by atoms with Crippen LogP contribution in [-0.2, 0) is 24.2 Å². The summed E-state index contributed by atoms with van der Waals surface area (Å²) in [4.78, 5) is 18.4. The van der Waals surface area contributed by atoms with Gasteiger partial charge < -0.3 is 10.2 Å². The van der Waals surface area contributed by atoms with E-state index in [2.05, 4.69) is 81.8 Å². The van der Waals surface area contributed by atoms with Gasteiger partial charge in [-0.3, -0.25) is 9.69 Å². The molecule has 0 spiro atoms. The monoisotopic (exact) mass is 425 g/mol. The largest absolute Gasteiger partial charge is 0.365 e. The molecule has 2 heterocycles. The lowest BCUT2D eigenvalue weighted by molar-refractivity contribution is -0.126. The summed E-state index contributed by atoms with van der Waals surface area (Å²) in [5.41, 5.74) is 5.12. The highest BCUT2D eigenvalue weighted by atomic mass is 16.1. The topological polar surface area (TPSA) is 35.6 Å². The first-order valence-electron chi connectivity index (χ1n) is 11.7. The Morgan fingerprint density at radius 1 is 0.844 bits per heavy atom. The molecule has 0 unspecified atom stereocenters. The molecule has 0 radical (unpaired) electrons. The first-order chi connectivity index (χ1) is 15.8. The summed E-state index contributed by atoms with van der Waals surface area (Å²) >= 11 is 0. The van der Waals surface area contributed by atoms with Crippen molar-refractivity contribution in [2.75, 3.05) is 31.1 Å². The second-order valence-corrected chi connectivity index (χ2v) is 8.94. The molecule has 2 aliphatic heterocycles. The van der Waals surface area contributed by atoms with Gasteiger partial charge in [-0.2, -0.15) is 0 Å². The van der Waals surface area contributed by atoms with Crippen LogP contribution < -0.4 is 10.2 Å². The van der Waals surface area contributed by atoms with Gasteiger partial charge in [0.1, 0.15) is 0 Å². The summed E-state index contributed by atoms with van der Waals surface area (Å²) in [7, 11) is 0. The van der Waals surface area contributed by atoms with E-state index >= 15 is 0 Å². The van der Waals surface area contributed by atoms with Crippen LogP contribution in [0.2, 0.25) is 0 Å². The van der Waals surface area contributed by atoms with Crippen LogP contribution in [0.4, 0.5) is 5.69 Å². The number of anilines is 1. The number of carbonyl (C=O) groups is 1. The van der Waals surface area contributed by atoms with Gasteiger partial charge in [-0.1, -0.05) is 78.9 Å². The molecule has 0 aromatic heterocycles. The third-order valence-electron chi connectivity index (χ3n) is 6.91. The first-order valence-corrected chi connectivity index (χ1v) is 11.7. The Morgan fingerprint density at radius 2 is 1.53 bits per heavy atom. The van der Waals surface area contributed by atoms with Crippen LogP contribution in [0, 0.1) is 5.92 Å². The highest BCUT2D eigenvalue weighted by Crippen LogP contribution is 2.36. The average Bonchev–Trinajstić information content (AvgIpc) is 2.86. The highest BCUT2D eigenvalue weighted by molar-refractivity contribution is 5.82. The Bertz CT molecular complexity index is 1040. The second-order valence-electron chi connectivity index (χ2n) is 8.94. The second kappa shape index (κ2) is 9.58. The molecule has 4 nitrogen and oxygen atoms in total. The van der Waals surface area contributed by atoms with E-state index in [-0.39, 0.29) is 17.9 Å². The zero-order chi connectivity index (χ0) is 21.8. The summed E-state index contributed by atoms with van der Waals surface area (Å²) in [6, 6.07) is 29.7. The van der Waals surface area contributed by atoms with E-state index < -0.39 is 0 Å². The third-order valence-corrected chi connectivity index (χ3v) is 6.91. The van der Waals surface area contributed by atoms with E-state index in [1.165, 1.54) is 16.8 Å². The summed E-state index contributed by atoms with van der Waals surface area (Å²) in [5, 5.41) is 3.22. The van der Waals surface area contributed by atoms with Crippen LogP contribution in [0.5, 0.6) is 0 Å². The maximum Gasteiger partial charge on any atom is 0.225 e. The predicted molar refractivity (Wildman–Crippen MR) is 130 cm³/mol. The summed E-state index contributed by atoms with van der Waals surface area (Å²) in [6.45, 7) is 4.57. The van der Waals surface area contributed by atoms with Gasteiger partial charge in [-0.25, -0.2) is 0 Å². The normalized spacial score (nSPS) is 20.3. The number of amides is 1. The van der Waals surface area contributed by atoms with Gasteiger partial charge in [0.05, 0.1) is 12.0 Å². The summed E-state index contributed by atoms with van der Waals surface area (Å²) < 4.78 is 0. The van der Waals surface area contributed by atoms with Gasteiger partial charge in [0, 0.05) is 38.4 Å². The molecule has 1 amide bonds. The zero-order valence-electron chi connectivity index (χ0n) is 18.5. The molecule has 164 valence electrons. The van der Waals surface area contributed by atoms with E-state index in [0.29, 0.717) is 6.54 Å². The first kappa shape index (κ1) is 20.8. The summed E-state index contributed by atoms with van der Waals surface area (Å²) in [6.07, 6.45) is 1.86. The van der Waals surface area contributed by atoms with Crippen LogP contribution in [0.25, 0.3) is 0 Å². The average molecular weight is 426 g/mol. The van der Waals surface area contributed by atoms with E-state index in [1.807, 2.05) is 18.2 Å². The van der Waals surface area contributed by atoms with Crippen molar-refractivity contribution in [3.05, 3.63) is 102 Å². The minimum Gasteiger partial charge on any atom is -0.365 e. The Kier molecular flexibility index (Phi) is 6.22. The third kappa shape index (κ3) is 4.56. The number of rotatable bonds is 6. The molecule has 3 aromatic carbocycles. The van der Waals surface area contributed by atoms with E-state index in [9.17, 15) is 4.79 Å². The number of nitrogens with zero attached hydrogens (tertiary/aromatic N) is 2. The molecule has 0 bridgehead atoms. The Labute approximate surface area is 190 Å². The van der Waals surface area contributed by atoms with Crippen molar-refractivity contribution in [3.8, 4) is 0 Å². The number of piperazine rings is 1. The molecule has 3 aromatic rings. The Hall–Kier alpha value is -3.11. The Balaban J connectivity index is 1.31. The number of fused-ring (bicyclic) bond motifs is 3. The lowest BCUT2D eigenvalue weighted by Gasteiger charge is -2.49. The van der Waals surface area contributed by atoms with Crippen LogP contribution >= 0.6 is 0 Å². The fraction of sp³-hybridized carbons (Fsp3) is 0.321. The van der Waals surface area contributed by atoms with Gasteiger partial charge in [0.2, 0.25) is 5.91 Å². The van der Waals surface area contributed by atoms with Crippen molar-refractivity contribution in [2.24, 2.45) is 5.92 Å². The fourth-order valence-electron chi connectivity index (χ4n) is 5.17. The quantitative estimate of drug-likeness (QED) is 0.651. The van der Waals surface area contributed by atoms with Gasteiger partial charge in [-0.15, -0.1) is 0 Å². The fourth-order valence-corrected chi connectivity index (χ4v) is 5.17. The maximum atomic E-state index is 13.4. The van der Waals surface area contributed by atoms with Crippen molar-refractivity contribution in [3.63, 3.8) is 0 Å². The standard InChI is InChI=1S/C28H31N3O/c32-28(29-20-23-11-5-2-6-12-23)25-19-24-13-7-8-14-26(24)31-18-17-30(21-27(25)31)16-15-22-9-3-1-4-10-22/h1-14,25,27H,15-21H2,(H,29,32)/t25-,27-/m0/s1. The van der Waals surface area contributed by atoms with Crippen molar-refractivity contribution < 1.29 is 4.79 Å². The molecule has 0 saturated carbocycles. The number of hydrogen-bond donors (Lipinski definition) is 1. The van der Waals surface area contributed by atoms with Crippen LogP contribution in [0.3, 0.4) is 0 Å². The van der Waals surface area contributed by atoms with Crippen molar-refractivity contribution in [1.29, 1.82) is 0 Å². The zero-order valence-corrected chi connectivity index (χ0v) is 18.5. The van der Waals surface area contributed by atoms with Crippen molar-refractivity contribution in [2.45, 2.75) is 25.4 Å². The van der Waals surface area contributed by atoms with Crippen molar-refractivity contribution in [1.82, 2.24) is 10.2 Å². The minimum atomic E-state index is -0.0341. The maximum absolute atomic E-state index is 13.4. The number of para-hydroxylation sites is 1. The lowest BCUT2D eigenvalue weighted by atomic mass is 9.83. The molecule has 1 fully saturated rings. The van der Waals surface area contributed by atoms with Crippen LogP contribution in [-0.4, -0.2) is 43.0 Å².